The molecule has 0 unspecified atom stereocenters. The Morgan fingerprint density at radius 1 is 1.08 bits per heavy atom. The highest BCUT2D eigenvalue weighted by Gasteiger charge is 2.17. The van der Waals surface area contributed by atoms with Gasteiger partial charge in [-0.1, -0.05) is 0 Å². The van der Waals surface area contributed by atoms with Gasteiger partial charge in [0.25, 0.3) is 0 Å². The van der Waals surface area contributed by atoms with Crippen LogP contribution >= 0.6 is 11.3 Å². The second kappa shape index (κ2) is 6.19. The van der Waals surface area contributed by atoms with E-state index < -0.39 is 23.4 Å². The summed E-state index contributed by atoms with van der Waals surface area (Å²) in [5.74, 6) is -3.90. The van der Waals surface area contributed by atoms with Crippen molar-refractivity contribution in [3.63, 3.8) is 0 Å². The van der Waals surface area contributed by atoms with Crippen LogP contribution in [0.2, 0.25) is 0 Å². The third-order valence-electron chi connectivity index (χ3n) is 3.74. The number of thiophene rings is 1. The van der Waals surface area contributed by atoms with Gasteiger partial charge in [0.2, 0.25) is 0 Å². The fourth-order valence-electron chi connectivity index (χ4n) is 2.51. The quantitative estimate of drug-likeness (QED) is 0.470. The molecule has 130 valence electrons. The lowest BCUT2D eigenvalue weighted by atomic mass is 10.2. The number of carbonyl (C=O) groups is 2. The highest BCUT2D eigenvalue weighted by atomic mass is 32.1. The van der Waals surface area contributed by atoms with Crippen LogP contribution in [0.1, 0.15) is 0 Å². The monoisotopic (exact) mass is 372 g/mol. The maximum absolute atomic E-state index is 13.4. The molecule has 6 nitrogen and oxygen atoms in total. The van der Waals surface area contributed by atoms with Crippen LogP contribution in [0, 0.1) is 11.6 Å². The Morgan fingerprint density at radius 2 is 1.85 bits per heavy atom. The summed E-state index contributed by atoms with van der Waals surface area (Å²) in [4.78, 5) is 31.9. The number of hydrogen-bond acceptors (Lipinski definition) is 4. The number of rotatable bonds is 2. The van der Waals surface area contributed by atoms with Gasteiger partial charge in [-0.05, 0) is 23.6 Å². The van der Waals surface area contributed by atoms with Gasteiger partial charge in [0.15, 0.2) is 11.6 Å². The second-order valence-electron chi connectivity index (χ2n) is 5.46. The molecular formula is C17H10F2N4O2S. The molecule has 4 rings (SSSR count). The van der Waals surface area contributed by atoms with Crippen molar-refractivity contribution in [2.45, 2.75) is 0 Å². The summed E-state index contributed by atoms with van der Waals surface area (Å²) in [6.45, 7) is 0. The number of anilines is 2. The van der Waals surface area contributed by atoms with Crippen LogP contribution in [-0.4, -0.2) is 21.8 Å². The molecule has 0 aliphatic rings. The van der Waals surface area contributed by atoms with Gasteiger partial charge in [-0.3, -0.25) is 9.59 Å². The minimum absolute atomic E-state index is 0.172. The predicted octanol–water partition coefficient (Wildman–Crippen LogP) is 3.63. The molecule has 3 heterocycles. The Balaban J connectivity index is 1.52. The molecule has 0 saturated carbocycles. The summed E-state index contributed by atoms with van der Waals surface area (Å²) in [5.41, 5.74) is 0.847. The zero-order chi connectivity index (χ0) is 18.3. The number of hydrogen-bond donors (Lipinski definition) is 3. The number of halogens is 2. The molecule has 0 aliphatic heterocycles. The first-order valence-corrected chi connectivity index (χ1v) is 8.31. The van der Waals surface area contributed by atoms with Gasteiger partial charge in [-0.25, -0.2) is 13.8 Å². The van der Waals surface area contributed by atoms with Crippen LogP contribution in [0.15, 0.2) is 42.0 Å². The van der Waals surface area contributed by atoms with Gasteiger partial charge in [-0.15, -0.1) is 11.3 Å². The van der Waals surface area contributed by atoms with Crippen molar-refractivity contribution in [2.75, 3.05) is 10.6 Å². The van der Waals surface area contributed by atoms with Crippen LogP contribution in [-0.2, 0) is 9.59 Å². The lowest BCUT2D eigenvalue weighted by Crippen LogP contribution is -2.29. The molecule has 0 atom stereocenters. The van der Waals surface area contributed by atoms with E-state index >= 15 is 0 Å². The van der Waals surface area contributed by atoms with Crippen molar-refractivity contribution < 1.29 is 18.4 Å². The molecule has 0 fully saturated rings. The zero-order valence-corrected chi connectivity index (χ0v) is 13.8. The van der Waals surface area contributed by atoms with E-state index in [-0.39, 0.29) is 11.1 Å². The van der Waals surface area contributed by atoms with E-state index in [1.165, 1.54) is 23.7 Å². The van der Waals surface area contributed by atoms with Crippen LogP contribution in [0.5, 0.6) is 0 Å². The van der Waals surface area contributed by atoms with Crippen molar-refractivity contribution in [1.82, 2.24) is 9.97 Å². The Morgan fingerprint density at radius 3 is 2.69 bits per heavy atom. The summed E-state index contributed by atoms with van der Waals surface area (Å²) in [7, 11) is 0. The molecule has 0 radical (unpaired) electrons. The summed E-state index contributed by atoms with van der Waals surface area (Å²) >= 11 is 1.46. The van der Waals surface area contributed by atoms with E-state index in [0.717, 1.165) is 22.3 Å². The molecule has 1 aromatic carbocycles. The molecule has 0 aliphatic carbocycles. The highest BCUT2D eigenvalue weighted by molar-refractivity contribution is 7.16. The number of aromatic nitrogens is 2. The molecule has 3 aromatic heterocycles. The van der Waals surface area contributed by atoms with Crippen molar-refractivity contribution in [1.29, 1.82) is 0 Å². The molecule has 2 amide bonds. The lowest BCUT2D eigenvalue weighted by Gasteiger charge is -2.06. The van der Waals surface area contributed by atoms with Crippen LogP contribution in [0.25, 0.3) is 21.1 Å². The molecule has 26 heavy (non-hydrogen) atoms. The number of nitrogens with zero attached hydrogens (tertiary/aromatic N) is 1. The van der Waals surface area contributed by atoms with Gasteiger partial charge in [0, 0.05) is 23.0 Å². The Labute approximate surface area is 148 Å². The number of H-pyrrole nitrogens is 1. The third-order valence-corrected chi connectivity index (χ3v) is 4.58. The van der Waals surface area contributed by atoms with E-state index in [0.29, 0.717) is 11.2 Å². The summed E-state index contributed by atoms with van der Waals surface area (Å²) in [6, 6.07) is 5.47. The molecular weight excluding hydrogens is 362 g/mol. The minimum atomic E-state index is -1.05. The first kappa shape index (κ1) is 16.2. The smallest absolute Gasteiger partial charge is 0.314 e. The number of pyridine rings is 1. The van der Waals surface area contributed by atoms with Crippen molar-refractivity contribution in [3.05, 3.63) is 53.7 Å². The van der Waals surface area contributed by atoms with Gasteiger partial charge in [0.1, 0.15) is 4.83 Å². The van der Waals surface area contributed by atoms with Gasteiger partial charge in [-0.2, -0.15) is 0 Å². The van der Waals surface area contributed by atoms with Crippen molar-refractivity contribution >= 4 is 55.6 Å². The molecule has 4 aromatic rings. The SMILES string of the molecule is O=C(Nc1cnc2sccc2c1)C(=O)Nc1c[nH]c2cc(F)c(F)cc12. The maximum atomic E-state index is 13.4. The zero-order valence-electron chi connectivity index (χ0n) is 13.0. The van der Waals surface area contributed by atoms with Crippen molar-refractivity contribution in [2.24, 2.45) is 0 Å². The Hall–Kier alpha value is -3.33. The van der Waals surface area contributed by atoms with Crippen LogP contribution < -0.4 is 10.6 Å². The minimum Gasteiger partial charge on any atom is -0.359 e. The molecule has 0 saturated heterocycles. The maximum Gasteiger partial charge on any atom is 0.314 e. The first-order valence-electron chi connectivity index (χ1n) is 7.43. The number of aromatic amines is 1. The fraction of sp³-hybridized carbons (Fsp3) is 0. The Kier molecular flexibility index (Phi) is 3.85. The standard InChI is InChI=1S/C17H10F2N4O2S/c18-11-4-10-13(5-12(11)19)20-7-14(10)23-16(25)15(24)22-9-3-8-1-2-26-17(8)21-6-9/h1-7,20H,(H,22,24)(H,23,25). The number of carbonyl (C=O) groups excluding carboxylic acids is 2. The second-order valence-corrected chi connectivity index (χ2v) is 6.36. The van der Waals surface area contributed by atoms with Crippen molar-refractivity contribution in [3.8, 4) is 0 Å². The van der Waals surface area contributed by atoms with Gasteiger partial charge >= 0.3 is 11.8 Å². The molecule has 0 bridgehead atoms. The number of fused-ring (bicyclic) bond motifs is 2. The summed E-state index contributed by atoms with van der Waals surface area (Å²) in [6.07, 6.45) is 2.81. The topological polar surface area (TPSA) is 86.9 Å². The summed E-state index contributed by atoms with van der Waals surface area (Å²) in [5, 5.41) is 7.80. The largest absolute Gasteiger partial charge is 0.359 e. The Bertz CT molecular complexity index is 1170. The lowest BCUT2D eigenvalue weighted by molar-refractivity contribution is -0.132. The number of benzene rings is 1. The first-order chi connectivity index (χ1) is 12.5. The third kappa shape index (κ3) is 2.88. The van der Waals surface area contributed by atoms with E-state index in [1.54, 1.807) is 6.07 Å². The van der Waals surface area contributed by atoms with Crippen LogP contribution in [0.4, 0.5) is 20.2 Å². The highest BCUT2D eigenvalue weighted by Crippen LogP contribution is 2.26. The number of amides is 2. The predicted molar refractivity (Wildman–Crippen MR) is 95.1 cm³/mol. The normalized spacial score (nSPS) is 11.0. The molecule has 0 spiro atoms. The van der Waals surface area contributed by atoms with E-state index in [1.807, 2.05) is 11.4 Å². The van der Waals surface area contributed by atoms with Crippen LogP contribution in [0.3, 0.4) is 0 Å². The molecule has 3 N–H and O–H groups in total. The average Bonchev–Trinajstić information content (AvgIpc) is 3.22. The molecule has 9 heteroatoms. The van der Waals surface area contributed by atoms with E-state index in [9.17, 15) is 18.4 Å². The van der Waals surface area contributed by atoms with E-state index in [2.05, 4.69) is 20.6 Å². The fourth-order valence-corrected chi connectivity index (χ4v) is 3.23. The van der Waals surface area contributed by atoms with Gasteiger partial charge in [0.05, 0.1) is 23.1 Å². The number of nitrogens with one attached hydrogen (secondary N) is 3. The van der Waals surface area contributed by atoms with Gasteiger partial charge < -0.3 is 15.6 Å². The summed E-state index contributed by atoms with van der Waals surface area (Å²) < 4.78 is 26.6. The average molecular weight is 372 g/mol. The van der Waals surface area contributed by atoms with E-state index in [4.69, 9.17) is 0 Å².